The fourth-order valence-electron chi connectivity index (χ4n) is 4.91. The number of piperazine rings is 1. The van der Waals surface area contributed by atoms with Crippen molar-refractivity contribution in [3.05, 3.63) is 35.1 Å². The van der Waals surface area contributed by atoms with E-state index in [-0.39, 0.29) is 50.7 Å². The summed E-state index contributed by atoms with van der Waals surface area (Å²) in [5.74, 6) is -2.49. The molecule has 3 heterocycles. The molecule has 3 aliphatic heterocycles. The molecule has 3 atom stereocenters. The van der Waals surface area contributed by atoms with Gasteiger partial charge in [-0.15, -0.1) is 0 Å². The summed E-state index contributed by atoms with van der Waals surface area (Å²) in [7, 11) is -3.83. The first-order valence-corrected chi connectivity index (χ1v) is 13.6. The third kappa shape index (κ3) is 5.63. The monoisotopic (exact) mass is 560 g/mol. The number of nitriles is 1. The van der Waals surface area contributed by atoms with Crippen molar-refractivity contribution in [2.24, 2.45) is 5.92 Å². The maximum absolute atomic E-state index is 14.4. The van der Waals surface area contributed by atoms with Gasteiger partial charge in [-0.05, 0) is 31.9 Å². The first kappa shape index (κ1) is 28.2. The molecule has 208 valence electrons. The smallest absolute Gasteiger partial charge is 0.348 e. The zero-order chi connectivity index (χ0) is 27.8. The van der Waals surface area contributed by atoms with E-state index >= 15 is 0 Å². The number of carbonyl (C=O) groups is 2. The van der Waals surface area contributed by atoms with E-state index in [4.69, 9.17) is 5.26 Å². The second-order valence-corrected chi connectivity index (χ2v) is 11.6. The Bertz CT molecular complexity index is 1230. The molecular formula is C23H28F4N6O4S. The Labute approximate surface area is 217 Å². The lowest BCUT2D eigenvalue weighted by molar-refractivity contribution is -0.140. The summed E-state index contributed by atoms with van der Waals surface area (Å²) >= 11 is 0. The Hall–Kier alpha value is -2.80. The van der Waals surface area contributed by atoms with E-state index in [1.54, 1.807) is 0 Å². The van der Waals surface area contributed by atoms with Crippen LogP contribution in [0.1, 0.15) is 36.9 Å². The summed E-state index contributed by atoms with van der Waals surface area (Å²) < 4.78 is 81.0. The Morgan fingerprint density at radius 3 is 2.53 bits per heavy atom. The summed E-state index contributed by atoms with van der Waals surface area (Å²) in [6.07, 6.45) is -3.85. The number of halogens is 4. The van der Waals surface area contributed by atoms with E-state index in [0.29, 0.717) is 18.9 Å². The predicted molar refractivity (Wildman–Crippen MR) is 126 cm³/mol. The van der Waals surface area contributed by atoms with E-state index in [1.807, 2.05) is 6.07 Å². The number of hydrogen-bond acceptors (Lipinski definition) is 6. The van der Waals surface area contributed by atoms with Crippen molar-refractivity contribution < 1.29 is 35.6 Å². The highest BCUT2D eigenvalue weighted by Gasteiger charge is 2.44. The second kappa shape index (κ2) is 10.8. The van der Waals surface area contributed by atoms with Gasteiger partial charge >= 0.3 is 6.18 Å². The van der Waals surface area contributed by atoms with Gasteiger partial charge in [-0.2, -0.15) is 35.5 Å². The quantitative estimate of drug-likeness (QED) is 0.500. The highest BCUT2D eigenvalue weighted by Crippen LogP contribution is 2.31. The van der Waals surface area contributed by atoms with Gasteiger partial charge in [0.2, 0.25) is 11.8 Å². The van der Waals surface area contributed by atoms with Crippen LogP contribution in [0.25, 0.3) is 0 Å². The molecule has 3 saturated heterocycles. The first-order chi connectivity index (χ1) is 17.8. The van der Waals surface area contributed by atoms with Gasteiger partial charge in [-0.3, -0.25) is 9.59 Å². The molecule has 1 aromatic rings. The predicted octanol–water partition coefficient (Wildman–Crippen LogP) is 0.987. The number of likely N-dealkylation sites (tertiary alicyclic amines) is 1. The second-order valence-electron chi connectivity index (χ2n) is 9.67. The van der Waals surface area contributed by atoms with Gasteiger partial charge in [0.05, 0.1) is 23.6 Å². The Balaban J connectivity index is 1.39. The number of hydrogen-bond donors (Lipinski definition) is 2. The third-order valence-electron chi connectivity index (χ3n) is 7.11. The van der Waals surface area contributed by atoms with Gasteiger partial charge < -0.3 is 15.5 Å². The maximum atomic E-state index is 14.4. The van der Waals surface area contributed by atoms with Crippen LogP contribution in [0.4, 0.5) is 17.6 Å². The van der Waals surface area contributed by atoms with Gasteiger partial charge in [-0.25, -0.2) is 4.39 Å². The molecule has 1 unspecified atom stereocenters. The summed E-state index contributed by atoms with van der Waals surface area (Å²) in [4.78, 5) is 27.7. The number of benzene rings is 1. The third-order valence-corrected chi connectivity index (χ3v) is 9.05. The van der Waals surface area contributed by atoms with Crippen LogP contribution in [0.2, 0.25) is 0 Å². The van der Waals surface area contributed by atoms with Crippen molar-refractivity contribution in [2.75, 3.05) is 39.3 Å². The van der Waals surface area contributed by atoms with Crippen LogP contribution in [0, 0.1) is 23.1 Å². The Morgan fingerprint density at radius 1 is 1.18 bits per heavy atom. The molecule has 0 saturated carbocycles. The largest absolute Gasteiger partial charge is 0.416 e. The normalized spacial score (nSPS) is 24.5. The zero-order valence-corrected chi connectivity index (χ0v) is 21.4. The van der Waals surface area contributed by atoms with Crippen molar-refractivity contribution in [1.82, 2.24) is 24.1 Å². The van der Waals surface area contributed by atoms with Gasteiger partial charge in [0.15, 0.2) is 0 Å². The minimum Gasteiger partial charge on any atom is -0.348 e. The van der Waals surface area contributed by atoms with E-state index in [1.165, 1.54) is 20.4 Å². The number of nitrogens with one attached hydrogen (secondary N) is 2. The first-order valence-electron chi connectivity index (χ1n) is 12.2. The van der Waals surface area contributed by atoms with Gasteiger partial charge in [0.1, 0.15) is 17.9 Å². The molecule has 4 rings (SSSR count). The van der Waals surface area contributed by atoms with Crippen LogP contribution in [0.3, 0.4) is 0 Å². The van der Waals surface area contributed by atoms with E-state index in [0.717, 1.165) is 12.1 Å². The van der Waals surface area contributed by atoms with Crippen LogP contribution in [0.5, 0.6) is 0 Å². The standard InChI is InChI=1S/C23H28F4N6O4S/c1-14(17-5-4-16(9-18(17)24)23(25,26)27)30-21(34)20-3-2-7-33(20)22(35)19-13-31(8-6-29-19)38(36,37)32-11-15(10-28)12-32/h4-5,9,14-15,19-20,29H,2-3,6-8,11-13H2,1H3,(H,30,34)/t14?,19-,20+/m0/s1. The fourth-order valence-corrected chi connectivity index (χ4v) is 6.64. The summed E-state index contributed by atoms with van der Waals surface area (Å²) in [6, 6.07) is 1.38. The molecule has 1 aromatic carbocycles. The van der Waals surface area contributed by atoms with E-state index in [9.17, 15) is 35.6 Å². The van der Waals surface area contributed by atoms with Gasteiger partial charge in [-0.1, -0.05) is 6.07 Å². The molecule has 15 heteroatoms. The Morgan fingerprint density at radius 2 is 1.89 bits per heavy atom. The molecule has 3 fully saturated rings. The number of amides is 2. The van der Waals surface area contributed by atoms with Crippen LogP contribution >= 0.6 is 0 Å². The highest BCUT2D eigenvalue weighted by atomic mass is 32.2. The number of rotatable bonds is 6. The molecule has 10 nitrogen and oxygen atoms in total. The van der Waals surface area contributed by atoms with Crippen LogP contribution < -0.4 is 10.6 Å². The van der Waals surface area contributed by atoms with Crippen LogP contribution in [-0.2, 0) is 26.0 Å². The molecule has 0 spiro atoms. The molecule has 2 N–H and O–H groups in total. The molecular weight excluding hydrogens is 532 g/mol. The van der Waals surface area contributed by atoms with Crippen molar-refractivity contribution in [3.63, 3.8) is 0 Å². The minimum atomic E-state index is -4.70. The average Bonchev–Trinajstić information content (AvgIpc) is 3.32. The highest BCUT2D eigenvalue weighted by molar-refractivity contribution is 7.86. The molecule has 38 heavy (non-hydrogen) atoms. The molecule has 0 bridgehead atoms. The van der Waals surface area contributed by atoms with Crippen molar-refractivity contribution in [1.29, 1.82) is 5.26 Å². The van der Waals surface area contributed by atoms with Gasteiger partial charge in [0.25, 0.3) is 10.2 Å². The molecule has 0 radical (unpaired) electrons. The van der Waals surface area contributed by atoms with Gasteiger partial charge in [0, 0.05) is 44.8 Å². The number of carbonyl (C=O) groups excluding carboxylic acids is 2. The van der Waals surface area contributed by atoms with Crippen LogP contribution in [-0.4, -0.2) is 85.1 Å². The van der Waals surface area contributed by atoms with Crippen molar-refractivity contribution >= 4 is 22.0 Å². The lowest BCUT2D eigenvalue weighted by Crippen LogP contribution is -2.63. The average molecular weight is 561 g/mol. The molecule has 2 amide bonds. The Kier molecular flexibility index (Phi) is 7.99. The summed E-state index contributed by atoms with van der Waals surface area (Å²) in [5, 5.41) is 14.5. The maximum Gasteiger partial charge on any atom is 0.416 e. The molecule has 0 aromatic heterocycles. The lowest BCUT2D eigenvalue weighted by Gasteiger charge is -2.41. The van der Waals surface area contributed by atoms with Crippen LogP contribution in [0.15, 0.2) is 18.2 Å². The minimum absolute atomic E-state index is 0.105. The molecule has 0 aliphatic carbocycles. The SMILES string of the molecule is CC(NC(=O)[C@H]1CCCN1C(=O)[C@@H]1CN(S(=O)(=O)N2CC(C#N)C2)CCN1)c1ccc(C(F)(F)F)cc1F. The summed E-state index contributed by atoms with van der Waals surface area (Å²) in [6.45, 7) is 2.15. The van der Waals surface area contributed by atoms with Crippen molar-refractivity contribution in [3.8, 4) is 6.07 Å². The van der Waals surface area contributed by atoms with E-state index in [2.05, 4.69) is 10.6 Å². The molecule has 3 aliphatic rings. The van der Waals surface area contributed by atoms with Crippen molar-refractivity contribution in [2.45, 2.75) is 44.1 Å². The van der Waals surface area contributed by atoms with E-state index < -0.39 is 57.7 Å². The topological polar surface area (TPSA) is 126 Å². The zero-order valence-electron chi connectivity index (χ0n) is 20.5. The number of nitrogens with zero attached hydrogens (tertiary/aromatic N) is 4. The lowest BCUT2D eigenvalue weighted by atomic mass is 10.0. The number of alkyl halides is 3. The fraction of sp³-hybridized carbons (Fsp3) is 0.609. The summed E-state index contributed by atoms with van der Waals surface area (Å²) in [5.41, 5.74) is -1.26.